The molecule has 0 aliphatic carbocycles. The van der Waals surface area contributed by atoms with E-state index in [2.05, 4.69) is 0 Å². The zero-order valence-electron chi connectivity index (χ0n) is 9.51. The van der Waals surface area contributed by atoms with Crippen LogP contribution >= 0.6 is 0 Å². The van der Waals surface area contributed by atoms with Crippen LogP contribution < -0.4 is 0 Å². The van der Waals surface area contributed by atoms with Crippen LogP contribution in [-0.4, -0.2) is 24.3 Å². The van der Waals surface area contributed by atoms with E-state index in [1.807, 2.05) is 20.8 Å². The molecule has 0 saturated carbocycles. The summed E-state index contributed by atoms with van der Waals surface area (Å²) in [5, 5.41) is 8.53. The van der Waals surface area contributed by atoms with Crippen LogP contribution in [0.4, 0.5) is 0 Å². The number of hydrogen-bond donors (Lipinski definition) is 1. The second kappa shape index (κ2) is 6.82. The summed E-state index contributed by atoms with van der Waals surface area (Å²) >= 11 is 0. The fourth-order valence-electron chi connectivity index (χ4n) is 0.927. The number of hydrogen-bond acceptors (Lipinski definition) is 3. The van der Waals surface area contributed by atoms with Crippen molar-refractivity contribution in [3.63, 3.8) is 0 Å². The van der Waals surface area contributed by atoms with Crippen molar-refractivity contribution in [2.45, 2.75) is 46.5 Å². The third-order valence-corrected chi connectivity index (χ3v) is 1.71. The number of aliphatic hydroxyl groups is 1. The molecule has 0 saturated heterocycles. The van der Waals surface area contributed by atoms with Crippen LogP contribution in [0.3, 0.4) is 0 Å². The van der Waals surface area contributed by atoms with Crippen LogP contribution in [0.5, 0.6) is 0 Å². The molecule has 0 rings (SSSR count). The second-order valence-electron chi connectivity index (χ2n) is 4.76. The first kappa shape index (κ1) is 13.4. The summed E-state index contributed by atoms with van der Waals surface area (Å²) in [5.74, 6) is -0.127. The van der Waals surface area contributed by atoms with Gasteiger partial charge in [-0.05, 0) is 18.3 Å². The summed E-state index contributed by atoms with van der Waals surface area (Å²) < 4.78 is 5.09. The van der Waals surface area contributed by atoms with Crippen molar-refractivity contribution in [1.29, 1.82) is 0 Å². The lowest BCUT2D eigenvalue weighted by Crippen LogP contribution is -2.18. The Labute approximate surface area is 86.5 Å². The van der Waals surface area contributed by atoms with Crippen molar-refractivity contribution >= 4 is 5.97 Å². The first-order chi connectivity index (χ1) is 6.45. The highest BCUT2D eigenvalue weighted by molar-refractivity contribution is 5.69. The molecule has 0 aliphatic heterocycles. The van der Waals surface area contributed by atoms with E-state index in [4.69, 9.17) is 9.84 Å². The van der Waals surface area contributed by atoms with Gasteiger partial charge in [-0.1, -0.05) is 27.2 Å². The minimum absolute atomic E-state index is 0.0424. The van der Waals surface area contributed by atoms with Gasteiger partial charge < -0.3 is 9.84 Å². The maximum Gasteiger partial charge on any atom is 0.305 e. The van der Waals surface area contributed by atoms with E-state index in [1.165, 1.54) is 0 Å². The van der Waals surface area contributed by atoms with E-state index in [0.717, 1.165) is 19.3 Å². The molecule has 14 heavy (non-hydrogen) atoms. The Kier molecular flexibility index (Phi) is 6.54. The Morgan fingerprint density at radius 3 is 2.36 bits per heavy atom. The Bertz CT molecular complexity index is 158. The monoisotopic (exact) mass is 202 g/mol. The average Bonchev–Trinajstić information content (AvgIpc) is 2.08. The van der Waals surface area contributed by atoms with Gasteiger partial charge in [-0.2, -0.15) is 0 Å². The normalized spacial score (nSPS) is 11.4. The van der Waals surface area contributed by atoms with Gasteiger partial charge in [-0.3, -0.25) is 4.79 Å². The van der Waals surface area contributed by atoms with Gasteiger partial charge in [0, 0.05) is 13.0 Å². The quantitative estimate of drug-likeness (QED) is 0.530. The lowest BCUT2D eigenvalue weighted by Gasteiger charge is -2.17. The summed E-state index contributed by atoms with van der Waals surface area (Å²) in [5.41, 5.74) is 0.0424. The van der Waals surface area contributed by atoms with E-state index >= 15 is 0 Å². The van der Waals surface area contributed by atoms with Crippen molar-refractivity contribution in [3.8, 4) is 0 Å². The lowest BCUT2D eigenvalue weighted by atomic mass is 9.99. The molecule has 0 radical (unpaired) electrons. The van der Waals surface area contributed by atoms with Crippen LogP contribution in [0.1, 0.15) is 46.5 Å². The van der Waals surface area contributed by atoms with Gasteiger partial charge >= 0.3 is 5.97 Å². The molecule has 84 valence electrons. The molecular formula is C11H22O3. The molecule has 0 unspecified atom stereocenters. The van der Waals surface area contributed by atoms with Gasteiger partial charge in [-0.25, -0.2) is 0 Å². The van der Waals surface area contributed by atoms with E-state index in [-0.39, 0.29) is 18.0 Å². The topological polar surface area (TPSA) is 46.5 Å². The molecule has 0 aromatic carbocycles. The summed E-state index contributed by atoms with van der Waals surface area (Å²) in [6.07, 6.45) is 2.94. The van der Waals surface area contributed by atoms with Crippen molar-refractivity contribution < 1.29 is 14.6 Å². The minimum Gasteiger partial charge on any atom is -0.465 e. The number of carbonyl (C=O) groups excluding carboxylic acids is 1. The van der Waals surface area contributed by atoms with E-state index in [0.29, 0.717) is 13.0 Å². The van der Waals surface area contributed by atoms with E-state index < -0.39 is 0 Å². The van der Waals surface area contributed by atoms with E-state index in [1.54, 1.807) is 0 Å². The summed E-state index contributed by atoms with van der Waals surface area (Å²) in [4.78, 5) is 11.2. The first-order valence-electron chi connectivity index (χ1n) is 5.22. The van der Waals surface area contributed by atoms with E-state index in [9.17, 15) is 4.79 Å². The van der Waals surface area contributed by atoms with Crippen LogP contribution in [0.2, 0.25) is 0 Å². The predicted octanol–water partition coefficient (Wildman–Crippen LogP) is 2.13. The van der Waals surface area contributed by atoms with Crippen molar-refractivity contribution in [1.82, 2.24) is 0 Å². The largest absolute Gasteiger partial charge is 0.465 e. The van der Waals surface area contributed by atoms with Crippen molar-refractivity contribution in [3.05, 3.63) is 0 Å². The highest BCUT2D eigenvalue weighted by Crippen LogP contribution is 2.13. The van der Waals surface area contributed by atoms with Gasteiger partial charge in [-0.15, -0.1) is 0 Å². The third-order valence-electron chi connectivity index (χ3n) is 1.71. The molecule has 0 atom stereocenters. The number of unbranched alkanes of at least 4 members (excludes halogenated alkanes) is 2. The molecule has 3 nitrogen and oxygen atoms in total. The zero-order valence-corrected chi connectivity index (χ0v) is 9.51. The van der Waals surface area contributed by atoms with Gasteiger partial charge in [0.2, 0.25) is 0 Å². The lowest BCUT2D eigenvalue weighted by molar-refractivity contribution is -0.146. The predicted molar refractivity (Wildman–Crippen MR) is 56.0 cm³/mol. The van der Waals surface area contributed by atoms with Crippen LogP contribution in [-0.2, 0) is 9.53 Å². The van der Waals surface area contributed by atoms with Crippen LogP contribution in [0, 0.1) is 5.41 Å². The highest BCUT2D eigenvalue weighted by Gasteiger charge is 2.13. The Balaban J connectivity index is 3.38. The smallest absolute Gasteiger partial charge is 0.305 e. The number of aliphatic hydroxyl groups excluding tert-OH is 1. The first-order valence-corrected chi connectivity index (χ1v) is 5.22. The maximum absolute atomic E-state index is 11.2. The molecule has 0 aromatic heterocycles. The molecule has 0 aliphatic rings. The Morgan fingerprint density at radius 1 is 1.21 bits per heavy atom. The Hall–Kier alpha value is -0.570. The summed E-state index contributed by atoms with van der Waals surface area (Å²) in [6, 6.07) is 0. The maximum atomic E-state index is 11.2. The standard InChI is InChI=1S/C11H22O3/c1-11(2,3)9-14-10(13)7-5-4-6-8-12/h12H,4-9H2,1-3H3. The number of rotatable bonds is 6. The van der Waals surface area contributed by atoms with Crippen molar-refractivity contribution in [2.24, 2.45) is 5.41 Å². The summed E-state index contributed by atoms with van der Waals surface area (Å²) in [7, 11) is 0. The molecule has 0 bridgehead atoms. The number of esters is 1. The molecule has 0 aromatic rings. The van der Waals surface area contributed by atoms with Gasteiger partial charge in [0.1, 0.15) is 0 Å². The molecular weight excluding hydrogens is 180 g/mol. The molecule has 0 amide bonds. The fraction of sp³-hybridized carbons (Fsp3) is 0.909. The van der Waals surface area contributed by atoms with Gasteiger partial charge in [0.15, 0.2) is 0 Å². The zero-order chi connectivity index (χ0) is 11.0. The average molecular weight is 202 g/mol. The van der Waals surface area contributed by atoms with Crippen LogP contribution in [0.25, 0.3) is 0 Å². The molecule has 3 heteroatoms. The molecule has 0 heterocycles. The number of ether oxygens (including phenoxy) is 1. The number of carbonyl (C=O) groups is 1. The molecule has 0 fully saturated rings. The van der Waals surface area contributed by atoms with Crippen molar-refractivity contribution in [2.75, 3.05) is 13.2 Å². The van der Waals surface area contributed by atoms with Crippen LogP contribution in [0.15, 0.2) is 0 Å². The highest BCUT2D eigenvalue weighted by atomic mass is 16.5. The molecule has 1 N–H and O–H groups in total. The van der Waals surface area contributed by atoms with Gasteiger partial charge in [0.05, 0.1) is 6.61 Å². The molecule has 0 spiro atoms. The van der Waals surface area contributed by atoms with Gasteiger partial charge in [0.25, 0.3) is 0 Å². The second-order valence-corrected chi connectivity index (χ2v) is 4.76. The fourth-order valence-corrected chi connectivity index (χ4v) is 0.927. The Morgan fingerprint density at radius 2 is 1.86 bits per heavy atom. The summed E-state index contributed by atoms with van der Waals surface area (Å²) in [6.45, 7) is 6.78. The third kappa shape index (κ3) is 9.52. The SMILES string of the molecule is CC(C)(C)COC(=O)CCCCCO. The minimum atomic E-state index is -0.127.